The minimum atomic E-state index is -0.505. The summed E-state index contributed by atoms with van der Waals surface area (Å²) in [6, 6.07) is 34.5. The lowest BCUT2D eigenvalue weighted by molar-refractivity contribution is -0.137. The minimum absolute atomic E-state index is 0.101. The van der Waals surface area contributed by atoms with E-state index in [1.807, 2.05) is 44.2 Å². The molecular formula is C51H58O11. The molecule has 0 aliphatic heterocycles. The highest BCUT2D eigenvalue weighted by atomic mass is 16.5. The van der Waals surface area contributed by atoms with Gasteiger partial charge in [0, 0.05) is 17.7 Å². The highest BCUT2D eigenvalue weighted by Crippen LogP contribution is 2.26. The molecule has 5 aromatic rings. The van der Waals surface area contributed by atoms with Gasteiger partial charge in [0.15, 0.2) is 5.78 Å². The summed E-state index contributed by atoms with van der Waals surface area (Å²) in [5.74, 6) is 1.61. The van der Waals surface area contributed by atoms with E-state index >= 15 is 0 Å². The van der Waals surface area contributed by atoms with E-state index in [2.05, 4.69) is 13.5 Å². The van der Waals surface area contributed by atoms with Gasteiger partial charge in [0.05, 0.1) is 37.6 Å². The number of ketones is 1. The lowest BCUT2D eigenvalue weighted by Gasteiger charge is -2.10. The third-order valence-electron chi connectivity index (χ3n) is 8.87. The molecule has 1 N–H and O–H groups in total. The normalized spacial score (nSPS) is 10.0. The molecule has 0 amide bonds. The van der Waals surface area contributed by atoms with Crippen molar-refractivity contribution < 1.29 is 52.7 Å². The molecule has 0 saturated carbocycles. The van der Waals surface area contributed by atoms with Crippen LogP contribution in [-0.4, -0.2) is 55.7 Å². The molecule has 0 saturated heterocycles. The Labute approximate surface area is 365 Å². The van der Waals surface area contributed by atoms with Gasteiger partial charge in [0.2, 0.25) is 0 Å². The molecule has 11 heteroatoms. The Morgan fingerprint density at radius 2 is 1.05 bits per heavy atom. The second-order valence-electron chi connectivity index (χ2n) is 13.5. The number of hydrogen-bond donors (Lipinski definition) is 1. The average Bonchev–Trinajstić information content (AvgIpc) is 3.30. The van der Waals surface area contributed by atoms with Gasteiger partial charge in [-0.2, -0.15) is 0 Å². The van der Waals surface area contributed by atoms with Crippen LogP contribution in [0.4, 0.5) is 0 Å². The molecule has 0 radical (unpaired) electrons. The minimum Gasteiger partial charge on any atom is -0.507 e. The van der Waals surface area contributed by atoms with Crippen LogP contribution in [0.15, 0.2) is 134 Å². The number of ether oxygens (including phenoxy) is 6. The average molecular weight is 847 g/mol. The van der Waals surface area contributed by atoms with Crippen LogP contribution >= 0.6 is 0 Å². The topological polar surface area (TPSA) is 144 Å². The van der Waals surface area contributed by atoms with Crippen molar-refractivity contribution in [3.63, 3.8) is 0 Å². The summed E-state index contributed by atoms with van der Waals surface area (Å²) < 4.78 is 32.0. The van der Waals surface area contributed by atoms with Gasteiger partial charge in [-0.1, -0.05) is 68.5 Å². The van der Waals surface area contributed by atoms with Gasteiger partial charge < -0.3 is 33.5 Å². The van der Waals surface area contributed by atoms with Crippen LogP contribution < -0.4 is 23.7 Å². The molecule has 0 aliphatic rings. The quantitative estimate of drug-likeness (QED) is 0.0158. The van der Waals surface area contributed by atoms with Crippen molar-refractivity contribution in [3.8, 4) is 34.5 Å². The van der Waals surface area contributed by atoms with Crippen LogP contribution in [0.1, 0.15) is 97.1 Å². The second kappa shape index (κ2) is 29.4. The zero-order valence-corrected chi connectivity index (χ0v) is 35.9. The van der Waals surface area contributed by atoms with Gasteiger partial charge in [-0.3, -0.25) is 9.59 Å². The molecule has 0 aliphatic carbocycles. The molecule has 0 fully saturated rings. The Balaban J connectivity index is 0.000000409. The van der Waals surface area contributed by atoms with Gasteiger partial charge in [0.25, 0.3) is 6.47 Å². The number of carbonyl (C=O) groups excluding carboxylic acids is 4. The maximum Gasteiger partial charge on any atom is 0.343 e. The number of unbranched alkanes of at least 4 members (excludes halogenated alkanes) is 6. The molecule has 0 atom stereocenters. The number of aromatic hydroxyl groups is 1. The van der Waals surface area contributed by atoms with Crippen molar-refractivity contribution >= 4 is 24.2 Å². The smallest absolute Gasteiger partial charge is 0.343 e. The summed E-state index contributed by atoms with van der Waals surface area (Å²) in [6.07, 6.45) is 8.84. The molecule has 5 aromatic carbocycles. The fourth-order valence-electron chi connectivity index (χ4n) is 5.58. The van der Waals surface area contributed by atoms with E-state index in [1.54, 1.807) is 72.8 Å². The summed E-state index contributed by atoms with van der Waals surface area (Å²) in [5, 5.41) is 10.3. The van der Waals surface area contributed by atoms with Crippen molar-refractivity contribution in [2.75, 3.05) is 26.4 Å². The first-order chi connectivity index (χ1) is 30.2. The molecule has 62 heavy (non-hydrogen) atoms. The Kier molecular flexibility index (Phi) is 23.4. The van der Waals surface area contributed by atoms with Gasteiger partial charge in [-0.15, -0.1) is 0 Å². The predicted octanol–water partition coefficient (Wildman–Crippen LogP) is 11.1. The molecule has 11 nitrogen and oxygen atoms in total. The van der Waals surface area contributed by atoms with Gasteiger partial charge in [-0.25, -0.2) is 9.59 Å². The van der Waals surface area contributed by atoms with E-state index in [1.165, 1.54) is 29.8 Å². The summed E-state index contributed by atoms with van der Waals surface area (Å²) in [5.41, 5.74) is 2.38. The Morgan fingerprint density at radius 3 is 1.58 bits per heavy atom. The van der Waals surface area contributed by atoms with Gasteiger partial charge in [0.1, 0.15) is 34.5 Å². The van der Waals surface area contributed by atoms with Crippen molar-refractivity contribution in [2.24, 2.45) is 0 Å². The number of rotatable bonds is 24. The predicted molar refractivity (Wildman–Crippen MR) is 240 cm³/mol. The zero-order valence-electron chi connectivity index (χ0n) is 35.9. The number of phenolic OH excluding ortho intramolecular Hbond substituents is 1. The van der Waals surface area contributed by atoms with Crippen LogP contribution in [-0.2, 0) is 14.3 Å². The maximum atomic E-state index is 12.5. The highest BCUT2D eigenvalue weighted by molar-refractivity contribution is 6.10. The van der Waals surface area contributed by atoms with E-state index in [0.29, 0.717) is 60.4 Å². The first kappa shape index (κ1) is 49.5. The van der Waals surface area contributed by atoms with E-state index in [-0.39, 0.29) is 23.1 Å². The van der Waals surface area contributed by atoms with E-state index in [9.17, 15) is 24.3 Å². The summed E-state index contributed by atoms with van der Waals surface area (Å²) in [6.45, 7) is 12.0. The number of hydrogen-bond acceptors (Lipinski definition) is 11. The molecule has 0 spiro atoms. The fraction of sp³-hybridized carbons (Fsp3) is 0.294. The summed E-state index contributed by atoms with van der Waals surface area (Å²) in [4.78, 5) is 46.0. The van der Waals surface area contributed by atoms with Crippen LogP contribution in [0.25, 0.3) is 0 Å². The third kappa shape index (κ3) is 19.0. The monoisotopic (exact) mass is 846 g/mol. The van der Waals surface area contributed by atoms with Crippen LogP contribution in [0.2, 0.25) is 0 Å². The van der Waals surface area contributed by atoms with Crippen molar-refractivity contribution in [1.29, 1.82) is 0 Å². The third-order valence-corrected chi connectivity index (χ3v) is 8.87. The Hall–Kier alpha value is -6.88. The van der Waals surface area contributed by atoms with Crippen molar-refractivity contribution in [3.05, 3.63) is 156 Å². The number of benzene rings is 5. The van der Waals surface area contributed by atoms with E-state index in [4.69, 9.17) is 28.4 Å². The maximum absolute atomic E-state index is 12.5. The van der Waals surface area contributed by atoms with Crippen LogP contribution in [0, 0.1) is 6.92 Å². The van der Waals surface area contributed by atoms with Gasteiger partial charge >= 0.3 is 11.9 Å². The van der Waals surface area contributed by atoms with E-state index < -0.39 is 5.97 Å². The number of aryl methyl sites for hydroxylation is 1. The second-order valence-corrected chi connectivity index (χ2v) is 13.5. The van der Waals surface area contributed by atoms with Gasteiger partial charge in [-0.05, 0) is 131 Å². The molecule has 0 bridgehead atoms. The Bertz CT molecular complexity index is 2060. The summed E-state index contributed by atoms with van der Waals surface area (Å²) in [7, 11) is 0. The van der Waals surface area contributed by atoms with Crippen molar-refractivity contribution in [1.82, 2.24) is 0 Å². The molecule has 0 aromatic heterocycles. The largest absolute Gasteiger partial charge is 0.507 e. The lowest BCUT2D eigenvalue weighted by atomic mass is 10.0. The van der Waals surface area contributed by atoms with E-state index in [0.717, 1.165) is 63.7 Å². The SMILES string of the molecule is C=CC(=O)OCCCCCCOc1ccc(C)cc1.CC.O=COc1ccc(OC(=O)c2ccc(OCCCCCCOc3ccc(C(=O)c4ccccc4)c(O)c3)cc2)cc1. The molecular weight excluding hydrogens is 789 g/mol. The zero-order chi connectivity index (χ0) is 44.8. The van der Waals surface area contributed by atoms with Crippen LogP contribution in [0.5, 0.6) is 34.5 Å². The molecule has 5 rings (SSSR count). The number of esters is 2. The number of phenols is 1. The summed E-state index contributed by atoms with van der Waals surface area (Å²) >= 11 is 0. The van der Waals surface area contributed by atoms with Crippen LogP contribution in [0.3, 0.4) is 0 Å². The fourth-order valence-corrected chi connectivity index (χ4v) is 5.58. The first-order valence-corrected chi connectivity index (χ1v) is 21.0. The Morgan fingerprint density at radius 1 is 0.565 bits per heavy atom. The first-order valence-electron chi connectivity index (χ1n) is 21.0. The van der Waals surface area contributed by atoms with Crippen molar-refractivity contribution in [2.45, 2.75) is 72.1 Å². The molecule has 0 unspecified atom stereocenters. The number of carbonyl (C=O) groups is 4. The lowest BCUT2D eigenvalue weighted by Crippen LogP contribution is -2.08. The molecule has 328 valence electrons. The highest BCUT2D eigenvalue weighted by Gasteiger charge is 2.14. The standard InChI is InChI=1S/C33H30O8.C16H22O3.C2H6/c34-23-40-27-14-16-28(17-15-27)41-33(37)25-10-12-26(13-11-25)38-20-6-1-2-7-21-39-29-18-19-30(31(35)22-29)32(36)24-8-4-3-5-9-24;1-3-16(17)19-13-7-5-4-6-12-18-15-10-8-14(2)9-11-15;1-2/h3-5,8-19,22-23,35H,1-2,6-7,20-21H2;3,8-11H,1,4-7,12-13H2,2H3;1-2H3. The molecule has 0 heterocycles.